The molecule has 13 heavy (non-hydrogen) atoms. The van der Waals surface area contributed by atoms with Crippen molar-refractivity contribution in [3.8, 4) is 0 Å². The van der Waals surface area contributed by atoms with Crippen molar-refractivity contribution in [1.82, 2.24) is 9.78 Å². The van der Waals surface area contributed by atoms with Gasteiger partial charge in [-0.05, 0) is 6.92 Å². The lowest BCUT2D eigenvalue weighted by Gasteiger charge is -2.18. The summed E-state index contributed by atoms with van der Waals surface area (Å²) in [5.41, 5.74) is 12.9. The van der Waals surface area contributed by atoms with Crippen LogP contribution in [0.1, 0.15) is 5.69 Å². The fourth-order valence-electron chi connectivity index (χ4n) is 1.41. The van der Waals surface area contributed by atoms with Gasteiger partial charge in [-0.3, -0.25) is 4.68 Å². The molecule has 0 bridgehead atoms. The van der Waals surface area contributed by atoms with Gasteiger partial charge < -0.3 is 16.4 Å². The smallest absolute Gasteiger partial charge is 0.150 e. The summed E-state index contributed by atoms with van der Waals surface area (Å²) < 4.78 is 1.78. The maximum absolute atomic E-state index is 5.87. The average Bonchev–Trinajstić information content (AvgIpc) is 2.27. The van der Waals surface area contributed by atoms with Crippen LogP contribution in [-0.4, -0.2) is 29.9 Å². The zero-order valence-corrected chi connectivity index (χ0v) is 8.41. The summed E-state index contributed by atoms with van der Waals surface area (Å²) in [6.07, 6.45) is 0. The number of nitrogens with zero attached hydrogens (tertiary/aromatic N) is 3. The first-order chi connectivity index (χ1) is 6.07. The van der Waals surface area contributed by atoms with Crippen molar-refractivity contribution >= 4 is 11.5 Å². The van der Waals surface area contributed by atoms with Crippen molar-refractivity contribution in [2.24, 2.45) is 12.8 Å². The molecule has 0 saturated heterocycles. The summed E-state index contributed by atoms with van der Waals surface area (Å²) in [4.78, 5) is 2.01. The SMILES string of the molecule is Cc1nn(C)c(N(C)CCN)c1N. The highest BCUT2D eigenvalue weighted by molar-refractivity contribution is 5.65. The number of aromatic nitrogens is 2. The molecule has 74 valence electrons. The molecule has 1 rings (SSSR count). The van der Waals surface area contributed by atoms with Crippen molar-refractivity contribution in [2.75, 3.05) is 30.8 Å². The van der Waals surface area contributed by atoms with Crippen molar-refractivity contribution < 1.29 is 0 Å². The van der Waals surface area contributed by atoms with Gasteiger partial charge in [0, 0.05) is 27.2 Å². The molecule has 0 aliphatic carbocycles. The monoisotopic (exact) mass is 183 g/mol. The number of rotatable bonds is 3. The van der Waals surface area contributed by atoms with Gasteiger partial charge in [0.25, 0.3) is 0 Å². The molecule has 1 aromatic rings. The molecule has 0 unspecified atom stereocenters. The number of aryl methyl sites for hydroxylation is 2. The van der Waals surface area contributed by atoms with Crippen molar-refractivity contribution in [1.29, 1.82) is 0 Å². The molecule has 0 amide bonds. The van der Waals surface area contributed by atoms with Gasteiger partial charge in [-0.2, -0.15) is 5.10 Å². The van der Waals surface area contributed by atoms with Gasteiger partial charge in [0.2, 0.25) is 0 Å². The average molecular weight is 183 g/mol. The molecule has 0 radical (unpaired) electrons. The maximum Gasteiger partial charge on any atom is 0.150 e. The molecule has 0 aromatic carbocycles. The van der Waals surface area contributed by atoms with Crippen LogP contribution in [0.5, 0.6) is 0 Å². The Morgan fingerprint density at radius 2 is 2.15 bits per heavy atom. The molecule has 0 saturated carbocycles. The standard InChI is InChI=1S/C8H17N5/c1-6-7(10)8(13(3)11-6)12(2)5-4-9/h4-5,9-10H2,1-3H3. The quantitative estimate of drug-likeness (QED) is 0.675. The fraction of sp³-hybridized carbons (Fsp3) is 0.625. The molecule has 5 nitrogen and oxygen atoms in total. The van der Waals surface area contributed by atoms with Crippen LogP contribution in [0.2, 0.25) is 0 Å². The Morgan fingerprint density at radius 3 is 2.54 bits per heavy atom. The van der Waals surface area contributed by atoms with E-state index in [1.807, 2.05) is 25.9 Å². The topological polar surface area (TPSA) is 73.1 Å². The minimum atomic E-state index is 0.611. The first-order valence-electron chi connectivity index (χ1n) is 4.28. The lowest BCUT2D eigenvalue weighted by Crippen LogP contribution is -2.27. The first-order valence-corrected chi connectivity index (χ1v) is 4.28. The van der Waals surface area contributed by atoms with E-state index in [1.165, 1.54) is 0 Å². The third-order valence-electron chi connectivity index (χ3n) is 2.06. The molecular formula is C8H17N5. The zero-order chi connectivity index (χ0) is 10.0. The predicted octanol–water partition coefficient (Wildman–Crippen LogP) is -0.294. The Kier molecular flexibility index (Phi) is 2.77. The van der Waals surface area contributed by atoms with E-state index >= 15 is 0 Å². The summed E-state index contributed by atoms with van der Waals surface area (Å²) in [7, 11) is 3.84. The van der Waals surface area contributed by atoms with E-state index in [0.29, 0.717) is 6.54 Å². The lowest BCUT2D eigenvalue weighted by molar-refractivity contribution is 0.726. The number of hydrogen-bond donors (Lipinski definition) is 2. The largest absolute Gasteiger partial charge is 0.394 e. The highest BCUT2D eigenvalue weighted by atomic mass is 15.4. The van der Waals surface area contributed by atoms with E-state index in [2.05, 4.69) is 5.10 Å². The van der Waals surface area contributed by atoms with Crippen LogP contribution < -0.4 is 16.4 Å². The fourth-order valence-corrected chi connectivity index (χ4v) is 1.41. The van der Waals surface area contributed by atoms with Gasteiger partial charge >= 0.3 is 0 Å². The second-order valence-electron chi connectivity index (χ2n) is 3.16. The highest BCUT2D eigenvalue weighted by Gasteiger charge is 2.12. The number of hydrogen-bond acceptors (Lipinski definition) is 4. The minimum Gasteiger partial charge on any atom is -0.394 e. The van der Waals surface area contributed by atoms with Crippen molar-refractivity contribution in [3.05, 3.63) is 5.69 Å². The van der Waals surface area contributed by atoms with Gasteiger partial charge in [-0.25, -0.2) is 0 Å². The van der Waals surface area contributed by atoms with Crippen molar-refractivity contribution in [3.63, 3.8) is 0 Å². The van der Waals surface area contributed by atoms with E-state index in [-0.39, 0.29) is 0 Å². The molecule has 0 atom stereocenters. The Hall–Kier alpha value is -1.23. The Bertz CT molecular complexity index is 291. The van der Waals surface area contributed by atoms with Crippen LogP contribution in [0.25, 0.3) is 0 Å². The Labute approximate surface area is 78.3 Å². The molecule has 5 heteroatoms. The van der Waals surface area contributed by atoms with Crippen molar-refractivity contribution in [2.45, 2.75) is 6.92 Å². The maximum atomic E-state index is 5.87. The van der Waals surface area contributed by atoms with Gasteiger partial charge in [0.15, 0.2) is 0 Å². The summed E-state index contributed by atoms with van der Waals surface area (Å²) in [5, 5.41) is 4.22. The number of nitrogen functional groups attached to an aromatic ring is 1. The van der Waals surface area contributed by atoms with Crippen LogP contribution in [0.3, 0.4) is 0 Å². The molecule has 0 aliphatic rings. The van der Waals surface area contributed by atoms with Crippen LogP contribution >= 0.6 is 0 Å². The normalized spacial score (nSPS) is 10.5. The predicted molar refractivity (Wildman–Crippen MR) is 54.7 cm³/mol. The van der Waals surface area contributed by atoms with E-state index in [9.17, 15) is 0 Å². The van der Waals surface area contributed by atoms with Gasteiger partial charge in [-0.15, -0.1) is 0 Å². The Morgan fingerprint density at radius 1 is 1.54 bits per heavy atom. The molecule has 4 N–H and O–H groups in total. The molecule has 0 fully saturated rings. The molecule has 0 aliphatic heterocycles. The summed E-state index contributed by atoms with van der Waals surface area (Å²) >= 11 is 0. The molecular weight excluding hydrogens is 166 g/mol. The van der Waals surface area contributed by atoms with Gasteiger partial charge in [-0.1, -0.05) is 0 Å². The number of likely N-dealkylation sites (N-methyl/N-ethyl adjacent to an activating group) is 1. The Balaban J connectivity index is 2.98. The second kappa shape index (κ2) is 3.66. The van der Waals surface area contributed by atoms with Crippen LogP contribution in [0.15, 0.2) is 0 Å². The minimum absolute atomic E-state index is 0.611. The van der Waals surface area contributed by atoms with E-state index in [0.717, 1.165) is 23.7 Å². The zero-order valence-electron chi connectivity index (χ0n) is 8.41. The van der Waals surface area contributed by atoms with Gasteiger partial charge in [0.05, 0.1) is 11.4 Å². The first kappa shape index (κ1) is 9.85. The van der Waals surface area contributed by atoms with E-state index in [1.54, 1.807) is 4.68 Å². The summed E-state index contributed by atoms with van der Waals surface area (Å²) in [5.74, 6) is 0.933. The van der Waals surface area contributed by atoms with E-state index in [4.69, 9.17) is 11.5 Å². The van der Waals surface area contributed by atoms with E-state index < -0.39 is 0 Å². The van der Waals surface area contributed by atoms with Crippen LogP contribution in [0.4, 0.5) is 11.5 Å². The summed E-state index contributed by atoms with van der Waals surface area (Å²) in [6.45, 7) is 3.29. The molecule has 1 aromatic heterocycles. The van der Waals surface area contributed by atoms with Crippen LogP contribution in [0, 0.1) is 6.92 Å². The molecule has 0 spiro atoms. The highest BCUT2D eigenvalue weighted by Crippen LogP contribution is 2.23. The molecule has 1 heterocycles. The van der Waals surface area contributed by atoms with Gasteiger partial charge in [0.1, 0.15) is 5.82 Å². The number of nitrogens with two attached hydrogens (primary N) is 2. The third-order valence-corrected chi connectivity index (χ3v) is 2.06. The second-order valence-corrected chi connectivity index (χ2v) is 3.16. The lowest BCUT2D eigenvalue weighted by atomic mass is 10.3. The summed E-state index contributed by atoms with van der Waals surface area (Å²) in [6, 6.07) is 0. The van der Waals surface area contributed by atoms with Crippen LogP contribution in [-0.2, 0) is 7.05 Å². The number of anilines is 2. The third kappa shape index (κ3) is 1.75.